The van der Waals surface area contributed by atoms with Crippen LogP contribution in [0, 0.1) is 12.3 Å². The Morgan fingerprint density at radius 2 is 2.10 bits per heavy atom. The molecule has 30 heavy (non-hydrogen) atoms. The Morgan fingerprint density at radius 1 is 1.33 bits per heavy atom. The van der Waals surface area contributed by atoms with Gasteiger partial charge in [0.05, 0.1) is 31.0 Å². The predicted molar refractivity (Wildman–Crippen MR) is 110 cm³/mol. The Kier molecular flexibility index (Phi) is 6.46. The predicted octanol–water partition coefficient (Wildman–Crippen LogP) is 2.74. The van der Waals surface area contributed by atoms with E-state index in [0.29, 0.717) is 51.1 Å². The maximum atomic E-state index is 12.8. The van der Waals surface area contributed by atoms with Gasteiger partial charge in [0.15, 0.2) is 5.66 Å². The van der Waals surface area contributed by atoms with Gasteiger partial charge < -0.3 is 24.7 Å². The number of carbonyl (C=O) groups is 2. The van der Waals surface area contributed by atoms with Crippen LogP contribution >= 0.6 is 0 Å². The third-order valence-corrected chi connectivity index (χ3v) is 4.91. The van der Waals surface area contributed by atoms with Crippen LogP contribution in [0.3, 0.4) is 0 Å². The van der Waals surface area contributed by atoms with Gasteiger partial charge in [-0.15, -0.1) is 12.3 Å². The number of fused-ring (bicyclic) bond motifs is 1. The summed E-state index contributed by atoms with van der Waals surface area (Å²) in [4.78, 5) is 24.8. The zero-order valence-electron chi connectivity index (χ0n) is 17.8. The van der Waals surface area contributed by atoms with Gasteiger partial charge in [-0.05, 0) is 26.8 Å². The van der Waals surface area contributed by atoms with Crippen molar-refractivity contribution in [2.24, 2.45) is 10.2 Å². The summed E-state index contributed by atoms with van der Waals surface area (Å²) in [6.45, 7) is 7.68. The van der Waals surface area contributed by atoms with E-state index in [9.17, 15) is 9.59 Å². The van der Waals surface area contributed by atoms with E-state index in [1.54, 1.807) is 6.07 Å². The topological polar surface area (TPSA) is 106 Å². The van der Waals surface area contributed by atoms with Crippen LogP contribution in [0.25, 0.3) is 0 Å². The van der Waals surface area contributed by atoms with Gasteiger partial charge >= 0.3 is 6.09 Å². The zero-order chi connectivity index (χ0) is 21.8. The van der Waals surface area contributed by atoms with E-state index in [1.165, 1.54) is 0 Å². The summed E-state index contributed by atoms with van der Waals surface area (Å²) < 4.78 is 12.8. The van der Waals surface area contributed by atoms with Gasteiger partial charge in [0.2, 0.25) is 0 Å². The second-order valence-corrected chi connectivity index (χ2v) is 8.45. The quantitative estimate of drug-likeness (QED) is 0.637. The van der Waals surface area contributed by atoms with Crippen LogP contribution in [0.15, 0.2) is 16.3 Å². The van der Waals surface area contributed by atoms with Crippen molar-refractivity contribution < 1.29 is 19.1 Å². The van der Waals surface area contributed by atoms with Gasteiger partial charge in [-0.25, -0.2) is 4.79 Å². The molecule has 2 amide bonds. The van der Waals surface area contributed by atoms with E-state index in [0.717, 1.165) is 11.4 Å². The average Bonchev–Trinajstić information content (AvgIpc) is 3.35. The minimum atomic E-state index is -0.570. The Hall–Kier alpha value is -2.86. The molecule has 9 nitrogen and oxygen atoms in total. The number of nitrogens with zero attached hydrogens (tertiary/aromatic N) is 3. The Balaban J connectivity index is 1.60. The molecule has 0 spiro atoms. The highest BCUT2D eigenvalue weighted by atomic mass is 16.6. The largest absolute Gasteiger partial charge is 0.444 e. The summed E-state index contributed by atoms with van der Waals surface area (Å²) in [7, 11) is 0. The summed E-state index contributed by atoms with van der Waals surface area (Å²) in [5.74, 6) is 2.42. The van der Waals surface area contributed by atoms with E-state index in [1.807, 2.05) is 25.3 Å². The first kappa shape index (κ1) is 21.8. The highest BCUT2D eigenvalue weighted by molar-refractivity contribution is 5.95. The average molecular weight is 415 g/mol. The Labute approximate surface area is 176 Å². The van der Waals surface area contributed by atoms with Crippen molar-refractivity contribution in [3.8, 4) is 12.3 Å². The van der Waals surface area contributed by atoms with E-state index in [4.69, 9.17) is 15.9 Å². The van der Waals surface area contributed by atoms with Crippen molar-refractivity contribution in [3.05, 3.63) is 23.0 Å². The van der Waals surface area contributed by atoms with Gasteiger partial charge in [-0.2, -0.15) is 10.2 Å². The number of ether oxygens (including phenoxy) is 2. The fourth-order valence-corrected chi connectivity index (χ4v) is 3.36. The fraction of sp³-hybridized carbons (Fsp3) is 0.619. The summed E-state index contributed by atoms with van der Waals surface area (Å²) in [6.07, 6.45) is 6.75. The molecular weight excluding hydrogens is 386 g/mol. The Bertz CT molecular complexity index is 869. The van der Waals surface area contributed by atoms with Gasteiger partial charge in [-0.1, -0.05) is 0 Å². The molecule has 0 unspecified atom stereocenters. The highest BCUT2D eigenvalue weighted by Gasteiger charge is 2.38. The summed E-state index contributed by atoms with van der Waals surface area (Å²) >= 11 is 0. The maximum absolute atomic E-state index is 12.8. The van der Waals surface area contributed by atoms with Crippen molar-refractivity contribution in [2.75, 3.05) is 13.2 Å². The maximum Gasteiger partial charge on any atom is 0.407 e. The van der Waals surface area contributed by atoms with Crippen LogP contribution in [-0.4, -0.2) is 41.0 Å². The van der Waals surface area contributed by atoms with E-state index >= 15 is 0 Å². The van der Waals surface area contributed by atoms with Crippen LogP contribution in [0.5, 0.6) is 0 Å². The smallest absolute Gasteiger partial charge is 0.407 e. The molecular formula is C21H29N5O4. The highest BCUT2D eigenvalue weighted by Crippen LogP contribution is 2.36. The summed E-state index contributed by atoms with van der Waals surface area (Å²) in [5.41, 5.74) is 1.20. The molecule has 3 heterocycles. The van der Waals surface area contributed by atoms with Crippen LogP contribution < -0.4 is 10.6 Å². The first-order valence-electron chi connectivity index (χ1n) is 10.1. The molecule has 2 aliphatic heterocycles. The van der Waals surface area contributed by atoms with Crippen molar-refractivity contribution in [2.45, 2.75) is 71.0 Å². The van der Waals surface area contributed by atoms with E-state index < -0.39 is 17.4 Å². The second kappa shape index (κ2) is 8.88. The molecule has 1 aromatic rings. The lowest BCUT2D eigenvalue weighted by Crippen LogP contribution is -2.33. The number of aromatic nitrogens is 1. The van der Waals surface area contributed by atoms with Crippen LogP contribution in [0.1, 0.15) is 61.8 Å². The molecule has 9 heteroatoms. The number of alkyl carbamates (subject to hydrolysis) is 1. The summed E-state index contributed by atoms with van der Waals surface area (Å²) in [5, 5.41) is 13.9. The molecule has 0 saturated carbocycles. The van der Waals surface area contributed by atoms with Gasteiger partial charge in [0, 0.05) is 38.0 Å². The lowest BCUT2D eigenvalue weighted by atomic mass is 10.0. The number of hydrogen-bond acceptors (Lipinski definition) is 6. The number of amides is 2. The van der Waals surface area contributed by atoms with Crippen LogP contribution in [-0.2, 0) is 29.2 Å². The molecule has 0 atom stereocenters. The van der Waals surface area contributed by atoms with Crippen molar-refractivity contribution in [1.29, 1.82) is 0 Å². The molecule has 1 aromatic heterocycles. The number of terminal acetylenes is 1. The first-order chi connectivity index (χ1) is 14.2. The number of rotatable bonds is 8. The molecule has 0 radical (unpaired) electrons. The molecule has 0 saturated heterocycles. The van der Waals surface area contributed by atoms with Crippen molar-refractivity contribution in [3.63, 3.8) is 0 Å². The lowest BCUT2D eigenvalue weighted by molar-refractivity contribution is 0.0519. The number of carbonyl (C=O) groups excluding carboxylic acids is 2. The van der Waals surface area contributed by atoms with Crippen LogP contribution in [0.2, 0.25) is 0 Å². The molecule has 0 fully saturated rings. The third kappa shape index (κ3) is 5.60. The lowest BCUT2D eigenvalue weighted by Gasteiger charge is -2.21. The third-order valence-electron chi connectivity index (χ3n) is 4.91. The van der Waals surface area contributed by atoms with Crippen LogP contribution in [0.4, 0.5) is 4.79 Å². The van der Waals surface area contributed by atoms with Gasteiger partial charge in [0.1, 0.15) is 5.60 Å². The molecule has 0 bridgehead atoms. The van der Waals surface area contributed by atoms with Gasteiger partial charge in [-0.3, -0.25) is 4.79 Å². The zero-order valence-corrected chi connectivity index (χ0v) is 17.8. The van der Waals surface area contributed by atoms with Gasteiger partial charge in [0.25, 0.3) is 5.91 Å². The Morgan fingerprint density at radius 3 is 2.77 bits per heavy atom. The second-order valence-electron chi connectivity index (χ2n) is 8.45. The molecule has 162 valence electrons. The molecule has 0 aliphatic carbocycles. The summed E-state index contributed by atoms with van der Waals surface area (Å²) in [6, 6.07) is 1.80. The molecule has 0 aromatic carbocycles. The minimum Gasteiger partial charge on any atom is -0.444 e. The van der Waals surface area contributed by atoms with E-state index in [2.05, 4.69) is 26.8 Å². The normalized spacial score (nSPS) is 16.3. The number of hydrogen-bond donors (Lipinski definition) is 2. The standard InChI is InChI=1S/C21H29N5O4/c1-5-6-7-21(24-25-21)8-9-22-18(27)16-12-15(26-10-11-29-14-17(16)26)13-23-19(28)30-20(2,3)4/h1,12H,6-11,13-14H2,2-4H3,(H,22,27)(H,23,28). The first-order valence-corrected chi connectivity index (χ1v) is 10.1. The monoisotopic (exact) mass is 415 g/mol. The fourth-order valence-electron chi connectivity index (χ4n) is 3.36. The minimum absolute atomic E-state index is 0.180. The van der Waals surface area contributed by atoms with E-state index in [-0.39, 0.29) is 12.5 Å². The molecule has 2 aliphatic rings. The molecule has 3 rings (SSSR count). The number of nitrogens with one attached hydrogen (secondary N) is 2. The van der Waals surface area contributed by atoms with Crippen molar-refractivity contribution >= 4 is 12.0 Å². The SMILES string of the molecule is C#CCCC1(CCNC(=O)c2cc(CNC(=O)OC(C)(C)C)n3c2COCC3)N=N1. The van der Waals surface area contributed by atoms with Crippen molar-refractivity contribution in [1.82, 2.24) is 15.2 Å². The molecule has 2 N–H and O–H groups in total.